The summed E-state index contributed by atoms with van der Waals surface area (Å²) in [5.41, 5.74) is 5.56. The van der Waals surface area contributed by atoms with Crippen molar-refractivity contribution in [2.75, 3.05) is 5.73 Å². The van der Waals surface area contributed by atoms with E-state index in [1.807, 2.05) is 13.8 Å². The van der Waals surface area contributed by atoms with E-state index in [-0.39, 0.29) is 22.6 Å². The Bertz CT molecular complexity index is 418. The molecule has 1 amide bonds. The molecule has 1 aromatic rings. The molecule has 0 aliphatic rings. The van der Waals surface area contributed by atoms with Crippen molar-refractivity contribution in [3.8, 4) is 0 Å². The van der Waals surface area contributed by atoms with Crippen molar-refractivity contribution in [1.29, 1.82) is 0 Å². The van der Waals surface area contributed by atoms with Crippen LogP contribution in [-0.2, 0) is 0 Å². The molecule has 0 unspecified atom stereocenters. The molecule has 0 radical (unpaired) electrons. The van der Waals surface area contributed by atoms with E-state index in [1.54, 1.807) is 12.1 Å². The second-order valence-corrected chi connectivity index (χ2v) is 6.42. The van der Waals surface area contributed by atoms with Gasteiger partial charge >= 0.3 is 0 Å². The van der Waals surface area contributed by atoms with Crippen molar-refractivity contribution in [3.05, 3.63) is 17.8 Å². The number of rotatable bonds is 3. The minimum absolute atomic E-state index is 0.142. The lowest BCUT2D eigenvalue weighted by molar-refractivity contribution is 0.0885. The largest absolute Gasteiger partial charge is 0.382 e. The Kier molecular flexibility index (Phi) is 3.94. The van der Waals surface area contributed by atoms with Crippen LogP contribution in [0.2, 0.25) is 0 Å². The first kappa shape index (κ1) is 14.4. The summed E-state index contributed by atoms with van der Waals surface area (Å²) < 4.78 is 0. The van der Waals surface area contributed by atoms with Gasteiger partial charge in [-0.1, -0.05) is 20.8 Å². The predicted octanol–water partition coefficient (Wildman–Crippen LogP) is 2.00. The third kappa shape index (κ3) is 4.69. The third-order valence-electron chi connectivity index (χ3n) is 2.34. The van der Waals surface area contributed by atoms with Crippen LogP contribution in [0.3, 0.4) is 0 Å². The number of anilines is 1. The third-order valence-corrected chi connectivity index (χ3v) is 2.34. The van der Waals surface area contributed by atoms with E-state index in [2.05, 4.69) is 36.3 Å². The highest BCUT2D eigenvalue weighted by molar-refractivity contribution is 5.92. The molecule has 5 heteroatoms. The summed E-state index contributed by atoms with van der Waals surface area (Å²) in [5.74, 6) is 0.0808. The normalized spacial score (nSPS) is 12.3. The highest BCUT2D eigenvalue weighted by atomic mass is 16.2. The van der Waals surface area contributed by atoms with Crippen molar-refractivity contribution in [3.63, 3.8) is 0 Å². The second kappa shape index (κ2) is 4.92. The number of nitrogens with two attached hydrogens (primary N) is 1. The van der Waals surface area contributed by atoms with E-state index in [4.69, 9.17) is 5.73 Å². The van der Waals surface area contributed by atoms with Crippen molar-refractivity contribution >= 4 is 11.7 Å². The standard InChI is InChI=1S/C13H22N4O/c1-12(2,3)8-13(4,5)15-11(18)9-6-7-10(14)17-16-9/h6-7H,8H2,1-5H3,(H2,14,17)(H,15,18). The fourth-order valence-corrected chi connectivity index (χ4v) is 2.21. The zero-order valence-electron chi connectivity index (χ0n) is 11.7. The molecular weight excluding hydrogens is 228 g/mol. The van der Waals surface area contributed by atoms with Gasteiger partial charge in [0.2, 0.25) is 0 Å². The molecular formula is C13H22N4O. The summed E-state index contributed by atoms with van der Waals surface area (Å²) >= 11 is 0. The molecule has 0 fully saturated rings. The van der Waals surface area contributed by atoms with Crippen LogP contribution in [-0.4, -0.2) is 21.6 Å². The maximum absolute atomic E-state index is 12.0. The fourth-order valence-electron chi connectivity index (χ4n) is 2.21. The number of amides is 1. The van der Waals surface area contributed by atoms with Gasteiger partial charge in [-0.2, -0.15) is 0 Å². The van der Waals surface area contributed by atoms with E-state index < -0.39 is 0 Å². The van der Waals surface area contributed by atoms with Gasteiger partial charge in [-0.3, -0.25) is 4.79 Å². The van der Waals surface area contributed by atoms with E-state index in [0.717, 1.165) is 6.42 Å². The Morgan fingerprint density at radius 2 is 1.83 bits per heavy atom. The number of carbonyl (C=O) groups is 1. The second-order valence-electron chi connectivity index (χ2n) is 6.42. The van der Waals surface area contributed by atoms with E-state index in [1.165, 1.54) is 0 Å². The summed E-state index contributed by atoms with van der Waals surface area (Å²) in [6.07, 6.45) is 0.869. The van der Waals surface area contributed by atoms with Gasteiger partial charge in [0.15, 0.2) is 5.69 Å². The first-order valence-corrected chi connectivity index (χ1v) is 6.01. The molecule has 1 heterocycles. The van der Waals surface area contributed by atoms with Crippen LogP contribution in [0.4, 0.5) is 5.82 Å². The lowest BCUT2D eigenvalue weighted by Gasteiger charge is -2.33. The quantitative estimate of drug-likeness (QED) is 0.859. The molecule has 0 atom stereocenters. The van der Waals surface area contributed by atoms with Crippen molar-refractivity contribution in [1.82, 2.24) is 15.5 Å². The Morgan fingerprint density at radius 1 is 1.22 bits per heavy atom. The molecule has 0 bridgehead atoms. The van der Waals surface area contributed by atoms with Gasteiger partial charge in [0.25, 0.3) is 5.91 Å². The van der Waals surface area contributed by atoms with Crippen LogP contribution in [0.5, 0.6) is 0 Å². The highest BCUT2D eigenvalue weighted by Crippen LogP contribution is 2.26. The average molecular weight is 250 g/mol. The molecule has 0 aliphatic heterocycles. The SMILES string of the molecule is CC(C)(C)CC(C)(C)NC(=O)c1ccc(N)nn1. The Balaban J connectivity index is 2.72. The molecule has 1 aromatic heterocycles. The summed E-state index contributed by atoms with van der Waals surface area (Å²) in [7, 11) is 0. The van der Waals surface area contributed by atoms with Gasteiger partial charge in [-0.05, 0) is 37.8 Å². The minimum atomic E-state index is -0.293. The van der Waals surface area contributed by atoms with Gasteiger partial charge in [0, 0.05) is 5.54 Å². The van der Waals surface area contributed by atoms with E-state index in [0.29, 0.717) is 5.82 Å². The Labute approximate surface area is 108 Å². The van der Waals surface area contributed by atoms with Crippen LogP contribution in [0.25, 0.3) is 0 Å². The molecule has 0 aliphatic carbocycles. The number of nitrogens with one attached hydrogen (secondary N) is 1. The van der Waals surface area contributed by atoms with Crippen molar-refractivity contribution < 1.29 is 4.79 Å². The lowest BCUT2D eigenvalue weighted by atomic mass is 9.82. The Hall–Kier alpha value is -1.65. The number of nitrogens with zero attached hydrogens (tertiary/aromatic N) is 2. The van der Waals surface area contributed by atoms with Gasteiger partial charge < -0.3 is 11.1 Å². The van der Waals surface area contributed by atoms with E-state index in [9.17, 15) is 4.79 Å². The molecule has 100 valence electrons. The number of nitrogen functional groups attached to an aromatic ring is 1. The zero-order valence-corrected chi connectivity index (χ0v) is 11.7. The maximum Gasteiger partial charge on any atom is 0.272 e. The highest BCUT2D eigenvalue weighted by Gasteiger charge is 2.27. The molecule has 0 spiro atoms. The monoisotopic (exact) mass is 250 g/mol. The molecule has 1 rings (SSSR count). The zero-order chi connectivity index (χ0) is 14.0. The molecule has 0 saturated carbocycles. The smallest absolute Gasteiger partial charge is 0.272 e. The number of hydrogen-bond donors (Lipinski definition) is 2. The molecule has 3 N–H and O–H groups in total. The number of aromatic nitrogens is 2. The number of carbonyl (C=O) groups excluding carboxylic acids is 1. The van der Waals surface area contributed by atoms with Crippen molar-refractivity contribution in [2.24, 2.45) is 5.41 Å². The van der Waals surface area contributed by atoms with E-state index >= 15 is 0 Å². The topological polar surface area (TPSA) is 80.9 Å². The maximum atomic E-state index is 12.0. The van der Waals surface area contributed by atoms with Crippen LogP contribution in [0.15, 0.2) is 12.1 Å². The predicted molar refractivity (Wildman–Crippen MR) is 72.1 cm³/mol. The summed E-state index contributed by atoms with van der Waals surface area (Å²) in [4.78, 5) is 12.0. The fraction of sp³-hybridized carbons (Fsp3) is 0.615. The summed E-state index contributed by atoms with van der Waals surface area (Å²) in [6.45, 7) is 10.4. The van der Waals surface area contributed by atoms with Gasteiger partial charge in [0.05, 0.1) is 0 Å². The number of hydrogen-bond acceptors (Lipinski definition) is 4. The first-order valence-electron chi connectivity index (χ1n) is 6.01. The van der Waals surface area contributed by atoms with Crippen LogP contribution in [0.1, 0.15) is 51.5 Å². The van der Waals surface area contributed by atoms with Crippen molar-refractivity contribution in [2.45, 2.75) is 46.6 Å². The van der Waals surface area contributed by atoms with Gasteiger partial charge in [0.1, 0.15) is 5.82 Å². The van der Waals surface area contributed by atoms with Crippen LogP contribution < -0.4 is 11.1 Å². The molecule has 18 heavy (non-hydrogen) atoms. The van der Waals surface area contributed by atoms with Crippen LogP contribution in [0, 0.1) is 5.41 Å². The first-order chi connectivity index (χ1) is 8.09. The van der Waals surface area contributed by atoms with Gasteiger partial charge in [-0.25, -0.2) is 0 Å². The molecule has 5 nitrogen and oxygen atoms in total. The summed E-state index contributed by atoms with van der Waals surface area (Å²) in [5, 5.41) is 10.4. The minimum Gasteiger partial charge on any atom is -0.382 e. The van der Waals surface area contributed by atoms with Gasteiger partial charge in [-0.15, -0.1) is 10.2 Å². The lowest BCUT2D eigenvalue weighted by Crippen LogP contribution is -2.46. The molecule has 0 saturated heterocycles. The Morgan fingerprint density at radius 3 is 2.28 bits per heavy atom. The van der Waals surface area contributed by atoms with Crippen LogP contribution >= 0.6 is 0 Å². The average Bonchev–Trinajstić information content (AvgIpc) is 2.13. The molecule has 0 aromatic carbocycles. The summed E-state index contributed by atoms with van der Waals surface area (Å²) in [6, 6.07) is 3.14.